The molecule has 0 aromatic rings. The van der Waals surface area contributed by atoms with Crippen LogP contribution in [0.3, 0.4) is 0 Å². The molecule has 0 spiro atoms. The molecular formula is C57H96O28. The fraction of sp³-hybridized carbons (Fsp3) is 1.00. The first-order valence-electron chi connectivity index (χ1n) is 30.7. The Hall–Kier alpha value is -1.12. The van der Waals surface area contributed by atoms with E-state index in [9.17, 15) is 81.7 Å². The summed E-state index contributed by atoms with van der Waals surface area (Å²) in [6.07, 6.45) is -32.1. The lowest BCUT2D eigenvalue weighted by atomic mass is 9.44. The van der Waals surface area contributed by atoms with E-state index in [1.807, 2.05) is 6.92 Å². The first kappa shape index (κ1) is 66.8. The van der Waals surface area contributed by atoms with Gasteiger partial charge in [-0.1, -0.05) is 27.7 Å². The number of ether oxygens (including phenoxy) is 12. The van der Waals surface area contributed by atoms with Gasteiger partial charge in [0.1, 0.15) is 116 Å². The second-order valence-electron chi connectivity index (χ2n) is 26.8. The lowest BCUT2D eigenvalue weighted by Gasteiger charge is -2.61. The minimum absolute atomic E-state index is 0.00540. The van der Waals surface area contributed by atoms with E-state index in [2.05, 4.69) is 20.8 Å². The number of aliphatic hydroxyl groups is 16. The number of methoxy groups -OCH3 is 1. The van der Waals surface area contributed by atoms with Crippen molar-refractivity contribution in [1.29, 1.82) is 0 Å². The van der Waals surface area contributed by atoms with Crippen molar-refractivity contribution >= 4 is 0 Å². The second-order valence-corrected chi connectivity index (χ2v) is 26.8. The van der Waals surface area contributed by atoms with E-state index in [4.69, 9.17) is 56.8 Å². The molecule has 10 fully saturated rings. The maximum absolute atomic E-state index is 11.9. The highest BCUT2D eigenvalue weighted by molar-refractivity contribution is 5.15. The molecule has 0 unspecified atom stereocenters. The highest BCUT2D eigenvalue weighted by Gasteiger charge is 2.69. The summed E-state index contributed by atoms with van der Waals surface area (Å²) in [5.41, 5.74) is 0.0173. The van der Waals surface area contributed by atoms with Gasteiger partial charge in [0.2, 0.25) is 0 Å². The van der Waals surface area contributed by atoms with E-state index in [1.54, 1.807) is 7.11 Å². The first-order chi connectivity index (χ1) is 40.4. The average molecular weight is 1230 g/mol. The molecule has 36 atom stereocenters. The highest BCUT2D eigenvalue weighted by Crippen LogP contribution is 2.71. The van der Waals surface area contributed by atoms with Crippen LogP contribution in [0.5, 0.6) is 0 Å². The van der Waals surface area contributed by atoms with Crippen molar-refractivity contribution in [2.75, 3.05) is 46.8 Å². The molecule has 0 bridgehead atoms. The number of rotatable bonds is 19. The Balaban J connectivity index is 0.764. The van der Waals surface area contributed by atoms with Crippen molar-refractivity contribution in [3.05, 3.63) is 0 Å². The van der Waals surface area contributed by atoms with Gasteiger partial charge in [-0.3, -0.25) is 0 Å². The van der Waals surface area contributed by atoms with E-state index < -0.39 is 192 Å². The van der Waals surface area contributed by atoms with Crippen molar-refractivity contribution in [1.82, 2.24) is 0 Å². The molecule has 6 aliphatic heterocycles. The molecule has 28 heteroatoms. The molecule has 85 heavy (non-hydrogen) atoms. The van der Waals surface area contributed by atoms with Crippen molar-refractivity contribution < 1.29 is 139 Å². The van der Waals surface area contributed by atoms with Gasteiger partial charge in [-0.05, 0) is 104 Å². The molecule has 0 aromatic carbocycles. The number of fused-ring (bicyclic) bond motifs is 7. The zero-order chi connectivity index (χ0) is 61.4. The predicted octanol–water partition coefficient (Wildman–Crippen LogP) is -4.84. The molecule has 6 heterocycles. The van der Waals surface area contributed by atoms with E-state index in [0.29, 0.717) is 43.4 Å². The van der Waals surface area contributed by atoms with Crippen LogP contribution in [0.15, 0.2) is 0 Å². The molecule has 4 aliphatic carbocycles. The molecule has 10 aliphatic rings. The Morgan fingerprint density at radius 3 is 1.73 bits per heavy atom. The van der Waals surface area contributed by atoms with Gasteiger partial charge in [0.05, 0.1) is 51.8 Å². The lowest BCUT2D eigenvalue weighted by Crippen LogP contribution is -2.68. The summed E-state index contributed by atoms with van der Waals surface area (Å²) in [7, 11) is 1.71. The van der Waals surface area contributed by atoms with Gasteiger partial charge in [0.15, 0.2) is 37.2 Å². The number of hydrogen-bond acceptors (Lipinski definition) is 28. The summed E-state index contributed by atoms with van der Waals surface area (Å²) in [6, 6.07) is 0. The maximum Gasteiger partial charge on any atom is 0.187 e. The Morgan fingerprint density at radius 1 is 0.518 bits per heavy atom. The van der Waals surface area contributed by atoms with Crippen LogP contribution in [-0.2, 0) is 56.8 Å². The van der Waals surface area contributed by atoms with Crippen LogP contribution in [0.25, 0.3) is 0 Å². The van der Waals surface area contributed by atoms with Crippen LogP contribution in [0.1, 0.15) is 91.9 Å². The monoisotopic (exact) mass is 1230 g/mol. The van der Waals surface area contributed by atoms with Crippen LogP contribution >= 0.6 is 0 Å². The van der Waals surface area contributed by atoms with Crippen molar-refractivity contribution in [3.63, 3.8) is 0 Å². The summed E-state index contributed by atoms with van der Waals surface area (Å²) in [5, 5.41) is 170. The third-order valence-electron chi connectivity index (χ3n) is 22.1. The molecular weight excluding hydrogens is 1130 g/mol. The lowest BCUT2D eigenvalue weighted by molar-refractivity contribution is -0.404. The predicted molar refractivity (Wildman–Crippen MR) is 283 cm³/mol. The SMILES string of the molecule is CO[C@@]1(CC[C@@H](C)CO[C@@H]2O[C@H](CO)[C@@H](O)[C@H](O)[C@H]2O)O[C@H]2C[C@H]3[C@@H]4CC[C@H]5C[C@@H](O[C@@H]6O[C@H](CO)[C@H](O[C@@H]7O[C@H](CO)[C@@H](O)[C@H](O[C@@H]8OC[C@@H](O)[C@H](O)[C@H]8O)[C@H]7O[C@@H]7O[C@H](CO)[C@@H](O)[C@H](O)[C@H]7O)[C@H](O)[C@H]6O)CC[C@]5(C)[C@H]4CC[C@]3(C)[C@H]2[C@@H]1C. The second kappa shape index (κ2) is 26.8. The maximum atomic E-state index is 11.9. The molecule has 16 N–H and O–H groups in total. The highest BCUT2D eigenvalue weighted by atomic mass is 16.8. The van der Waals surface area contributed by atoms with Gasteiger partial charge < -0.3 is 139 Å². The quantitative estimate of drug-likeness (QED) is 0.0540. The molecule has 0 amide bonds. The third-order valence-corrected chi connectivity index (χ3v) is 22.1. The van der Waals surface area contributed by atoms with Crippen molar-refractivity contribution in [2.24, 2.45) is 52.3 Å². The molecule has 28 nitrogen and oxygen atoms in total. The van der Waals surface area contributed by atoms with Crippen LogP contribution < -0.4 is 0 Å². The Kier molecular flexibility index (Phi) is 21.1. The minimum atomic E-state index is -2.02. The topological polar surface area (TPSA) is 434 Å². The van der Waals surface area contributed by atoms with E-state index in [0.717, 1.165) is 38.5 Å². The molecule has 492 valence electrons. The van der Waals surface area contributed by atoms with E-state index in [-0.39, 0.29) is 47.2 Å². The average Bonchev–Trinajstić information content (AvgIpc) is 1.60. The van der Waals surface area contributed by atoms with Gasteiger partial charge >= 0.3 is 0 Å². The summed E-state index contributed by atoms with van der Waals surface area (Å²) in [4.78, 5) is 0. The summed E-state index contributed by atoms with van der Waals surface area (Å²) < 4.78 is 72.8. The zero-order valence-corrected chi connectivity index (χ0v) is 48.9. The molecule has 6 saturated heterocycles. The molecule has 0 aromatic heterocycles. The molecule has 4 saturated carbocycles. The number of hydrogen-bond donors (Lipinski definition) is 16. The zero-order valence-electron chi connectivity index (χ0n) is 48.9. The van der Waals surface area contributed by atoms with Crippen molar-refractivity contribution in [3.8, 4) is 0 Å². The summed E-state index contributed by atoms with van der Waals surface area (Å²) >= 11 is 0. The van der Waals surface area contributed by atoms with Gasteiger partial charge in [-0.25, -0.2) is 0 Å². The number of aliphatic hydroxyl groups excluding tert-OH is 16. The van der Waals surface area contributed by atoms with E-state index >= 15 is 0 Å². The van der Waals surface area contributed by atoms with Gasteiger partial charge in [0.25, 0.3) is 0 Å². The summed E-state index contributed by atoms with van der Waals surface area (Å²) in [5.74, 6) is 1.23. The normalized spacial score (nSPS) is 54.9. The van der Waals surface area contributed by atoms with Gasteiger partial charge in [-0.15, -0.1) is 0 Å². The Labute approximate surface area is 493 Å². The first-order valence-corrected chi connectivity index (χ1v) is 30.7. The molecule has 10 rings (SSSR count). The standard InChI is InChI=1S/C57H96O28/c1-22(20-75-50-44(71)40(67)37(64)31(16-58)78-50)8-13-57(74-5)23(2)35-30(85-57)15-28-26-7-6-24-14-25(9-11-55(24,3)27(26)10-12-56(28,35)4)77-52-46(73)42(69)47(34(19-61)81-52)82-54-49(84-53-45(72)41(68)38(65)32(17-59)79-53)48(39(66)33(18-60)80-54)83-51-43(70)36(63)29(62)21-76-51/h22-54,58-73H,6-21H2,1-5H3/t22-,23+,24+,25+,26-,27+,28+,29-,30+,31-,32-,33-,34-,35+,36+,37-,38-,39-,40+,41+,42-,43-,44-,45-,46-,47+,48+,49-,50-,51+,52-,53+,54+,55+,56+,57+/m1/s1. The minimum Gasteiger partial charge on any atom is -0.394 e. The Bertz CT molecular complexity index is 2150. The van der Waals surface area contributed by atoms with Crippen LogP contribution in [0.2, 0.25) is 0 Å². The van der Waals surface area contributed by atoms with Crippen LogP contribution in [0.4, 0.5) is 0 Å². The molecule has 0 radical (unpaired) electrons. The Morgan fingerprint density at radius 2 is 1.07 bits per heavy atom. The van der Waals surface area contributed by atoms with Crippen LogP contribution in [-0.4, -0.2) is 294 Å². The fourth-order valence-corrected chi connectivity index (χ4v) is 17.2. The van der Waals surface area contributed by atoms with E-state index in [1.165, 1.54) is 0 Å². The third kappa shape index (κ3) is 12.3. The smallest absolute Gasteiger partial charge is 0.187 e. The van der Waals surface area contributed by atoms with Gasteiger partial charge in [0, 0.05) is 19.4 Å². The van der Waals surface area contributed by atoms with Crippen molar-refractivity contribution in [2.45, 2.75) is 257 Å². The largest absolute Gasteiger partial charge is 0.394 e. The van der Waals surface area contributed by atoms with Gasteiger partial charge in [-0.2, -0.15) is 0 Å². The summed E-state index contributed by atoms with van der Waals surface area (Å²) in [6.45, 7) is 5.72. The van der Waals surface area contributed by atoms with Crippen LogP contribution in [0, 0.1) is 52.3 Å². The fourth-order valence-electron chi connectivity index (χ4n) is 17.2.